The van der Waals surface area contributed by atoms with Gasteiger partial charge in [0.2, 0.25) is 0 Å². The molecule has 0 N–H and O–H groups in total. The van der Waals surface area contributed by atoms with E-state index in [1.165, 1.54) is 0 Å². The van der Waals surface area contributed by atoms with Crippen LogP contribution in [-0.4, -0.2) is 4.98 Å². The van der Waals surface area contributed by atoms with Gasteiger partial charge in [0.15, 0.2) is 0 Å². The molecule has 96 valence electrons. The van der Waals surface area contributed by atoms with E-state index < -0.39 is 11.9 Å². The first kappa shape index (κ1) is 13.1. The minimum atomic E-state index is -4.48. The number of aromatic nitrogens is 1. The van der Waals surface area contributed by atoms with Crippen LogP contribution in [0.4, 0.5) is 13.2 Å². The van der Waals surface area contributed by atoms with Crippen molar-refractivity contribution in [3.63, 3.8) is 0 Å². The predicted octanol–water partition coefficient (Wildman–Crippen LogP) is 4.86. The Morgan fingerprint density at radius 1 is 1.28 bits per heavy atom. The highest BCUT2D eigenvalue weighted by Gasteiger charge is 2.33. The summed E-state index contributed by atoms with van der Waals surface area (Å²) in [7, 11) is 0. The molecule has 0 spiro atoms. The zero-order valence-electron chi connectivity index (χ0n) is 9.68. The summed E-state index contributed by atoms with van der Waals surface area (Å²) in [6.07, 6.45) is -2.95. The van der Waals surface area contributed by atoms with Gasteiger partial charge in [-0.25, -0.2) is 4.98 Å². The Labute approximate surface area is 108 Å². The summed E-state index contributed by atoms with van der Waals surface area (Å²) in [6.45, 7) is 1.97. The van der Waals surface area contributed by atoms with Gasteiger partial charge >= 0.3 is 6.18 Å². The molecule has 0 saturated heterocycles. The summed E-state index contributed by atoms with van der Waals surface area (Å²) in [4.78, 5) is 3.72. The monoisotopic (exact) mass is 273 g/mol. The third kappa shape index (κ3) is 2.43. The molecule has 0 fully saturated rings. The average molecular weight is 274 g/mol. The Morgan fingerprint density at radius 3 is 2.61 bits per heavy atom. The van der Waals surface area contributed by atoms with Crippen molar-refractivity contribution >= 4 is 22.5 Å². The largest absolute Gasteiger partial charge is 0.433 e. The molecule has 0 amide bonds. The van der Waals surface area contributed by atoms with E-state index in [0.29, 0.717) is 17.3 Å². The van der Waals surface area contributed by atoms with Crippen LogP contribution in [0.25, 0.3) is 10.9 Å². The zero-order chi connectivity index (χ0) is 13.3. The molecule has 1 nitrogen and oxygen atoms in total. The first-order valence-corrected chi connectivity index (χ1v) is 5.96. The zero-order valence-corrected chi connectivity index (χ0v) is 10.4. The van der Waals surface area contributed by atoms with Gasteiger partial charge in [0.25, 0.3) is 0 Å². The molecule has 5 heteroatoms. The smallest absolute Gasteiger partial charge is 0.243 e. The highest BCUT2D eigenvalue weighted by Crippen LogP contribution is 2.33. The second-order valence-electron chi connectivity index (χ2n) is 4.05. The van der Waals surface area contributed by atoms with Crippen LogP contribution >= 0.6 is 11.6 Å². The normalized spacial score (nSPS) is 12.1. The summed E-state index contributed by atoms with van der Waals surface area (Å²) in [5.74, 6) is 0. The minimum absolute atomic E-state index is 0.0882. The number of hydrogen-bond donors (Lipinski definition) is 0. The van der Waals surface area contributed by atoms with Gasteiger partial charge < -0.3 is 0 Å². The minimum Gasteiger partial charge on any atom is -0.243 e. The standard InChI is InChI=1S/C13H11ClF3N/c1-2-4-8-5-3-6-9-10(14)7-11(13(15,16)17)18-12(8)9/h3,5-7H,2,4H2,1H3. The van der Waals surface area contributed by atoms with Crippen molar-refractivity contribution < 1.29 is 13.2 Å². The summed E-state index contributed by atoms with van der Waals surface area (Å²) >= 11 is 5.90. The lowest BCUT2D eigenvalue weighted by Gasteiger charge is -2.11. The first-order valence-electron chi connectivity index (χ1n) is 5.59. The Kier molecular flexibility index (Phi) is 3.48. The maximum absolute atomic E-state index is 12.7. The SMILES string of the molecule is CCCc1cccc2c(Cl)cc(C(F)(F)F)nc12. The Morgan fingerprint density at radius 2 is 2.00 bits per heavy atom. The number of benzene rings is 1. The molecule has 0 aliphatic rings. The van der Waals surface area contributed by atoms with Crippen LogP contribution in [0.5, 0.6) is 0 Å². The van der Waals surface area contributed by atoms with E-state index in [1.807, 2.05) is 6.92 Å². The van der Waals surface area contributed by atoms with Gasteiger partial charge in [0.05, 0.1) is 10.5 Å². The van der Waals surface area contributed by atoms with Gasteiger partial charge in [-0.05, 0) is 18.1 Å². The second-order valence-corrected chi connectivity index (χ2v) is 4.46. The van der Waals surface area contributed by atoms with Gasteiger partial charge in [-0.15, -0.1) is 0 Å². The van der Waals surface area contributed by atoms with Gasteiger partial charge in [-0.1, -0.05) is 43.1 Å². The number of alkyl halides is 3. The lowest BCUT2D eigenvalue weighted by molar-refractivity contribution is -0.140. The molecule has 0 radical (unpaired) electrons. The molecule has 0 unspecified atom stereocenters. The highest BCUT2D eigenvalue weighted by molar-refractivity contribution is 6.35. The molecule has 0 aliphatic carbocycles. The van der Waals surface area contributed by atoms with Gasteiger partial charge in [-0.2, -0.15) is 13.2 Å². The number of hydrogen-bond acceptors (Lipinski definition) is 1. The quantitative estimate of drug-likeness (QED) is 0.761. The fourth-order valence-electron chi connectivity index (χ4n) is 1.88. The maximum Gasteiger partial charge on any atom is 0.433 e. The average Bonchev–Trinajstić information content (AvgIpc) is 2.29. The van der Waals surface area contributed by atoms with Crippen molar-refractivity contribution in [2.24, 2.45) is 0 Å². The number of rotatable bonds is 2. The Balaban J connectivity index is 2.72. The van der Waals surface area contributed by atoms with E-state index in [1.54, 1.807) is 18.2 Å². The third-order valence-corrected chi connectivity index (χ3v) is 3.00. The molecular formula is C13H11ClF3N. The molecule has 0 saturated carbocycles. The van der Waals surface area contributed by atoms with Crippen LogP contribution in [0.1, 0.15) is 24.6 Å². The fraction of sp³-hybridized carbons (Fsp3) is 0.308. The molecule has 1 aromatic carbocycles. The van der Waals surface area contributed by atoms with Crippen molar-refractivity contribution in [1.29, 1.82) is 0 Å². The number of pyridine rings is 1. The van der Waals surface area contributed by atoms with E-state index in [-0.39, 0.29) is 5.02 Å². The Hall–Kier alpha value is -1.29. The summed E-state index contributed by atoms with van der Waals surface area (Å²) in [5, 5.41) is 0.654. The van der Waals surface area contributed by atoms with Crippen LogP contribution in [0.2, 0.25) is 5.02 Å². The van der Waals surface area contributed by atoms with Crippen molar-refractivity contribution in [2.45, 2.75) is 25.9 Å². The molecule has 0 aliphatic heterocycles. The molecular weight excluding hydrogens is 263 g/mol. The molecule has 2 aromatic rings. The molecule has 0 bridgehead atoms. The number of nitrogens with zero attached hydrogens (tertiary/aromatic N) is 1. The molecule has 0 atom stereocenters. The van der Waals surface area contributed by atoms with E-state index >= 15 is 0 Å². The summed E-state index contributed by atoms with van der Waals surface area (Å²) < 4.78 is 38.1. The second kappa shape index (κ2) is 4.76. The summed E-state index contributed by atoms with van der Waals surface area (Å²) in [6, 6.07) is 6.13. The van der Waals surface area contributed by atoms with E-state index in [0.717, 1.165) is 18.1 Å². The van der Waals surface area contributed by atoms with Crippen LogP contribution < -0.4 is 0 Å². The number of aryl methyl sites for hydroxylation is 1. The van der Waals surface area contributed by atoms with Gasteiger partial charge in [-0.3, -0.25) is 0 Å². The van der Waals surface area contributed by atoms with E-state index in [2.05, 4.69) is 4.98 Å². The van der Waals surface area contributed by atoms with Gasteiger partial charge in [0, 0.05) is 5.39 Å². The van der Waals surface area contributed by atoms with E-state index in [4.69, 9.17) is 11.6 Å². The van der Waals surface area contributed by atoms with Gasteiger partial charge in [0.1, 0.15) is 5.69 Å². The molecule has 1 heterocycles. The number of halogens is 4. The summed E-state index contributed by atoms with van der Waals surface area (Å²) in [5.41, 5.74) is 0.200. The topological polar surface area (TPSA) is 12.9 Å². The molecule has 2 rings (SSSR count). The van der Waals surface area contributed by atoms with Crippen LogP contribution in [-0.2, 0) is 12.6 Å². The van der Waals surface area contributed by atoms with Crippen molar-refractivity contribution in [3.05, 3.63) is 40.5 Å². The highest BCUT2D eigenvalue weighted by atomic mass is 35.5. The van der Waals surface area contributed by atoms with Crippen molar-refractivity contribution in [3.8, 4) is 0 Å². The predicted molar refractivity (Wildman–Crippen MR) is 65.8 cm³/mol. The lowest BCUT2D eigenvalue weighted by Crippen LogP contribution is -2.08. The van der Waals surface area contributed by atoms with E-state index in [9.17, 15) is 13.2 Å². The van der Waals surface area contributed by atoms with Crippen LogP contribution in [0.3, 0.4) is 0 Å². The van der Waals surface area contributed by atoms with Crippen LogP contribution in [0, 0.1) is 0 Å². The maximum atomic E-state index is 12.7. The number of fused-ring (bicyclic) bond motifs is 1. The van der Waals surface area contributed by atoms with Crippen LogP contribution in [0.15, 0.2) is 24.3 Å². The number of para-hydroxylation sites is 1. The lowest BCUT2D eigenvalue weighted by atomic mass is 10.1. The first-order chi connectivity index (χ1) is 8.43. The fourth-order valence-corrected chi connectivity index (χ4v) is 2.14. The third-order valence-electron chi connectivity index (χ3n) is 2.68. The molecule has 18 heavy (non-hydrogen) atoms. The van der Waals surface area contributed by atoms with Crippen molar-refractivity contribution in [2.75, 3.05) is 0 Å². The molecule has 1 aromatic heterocycles. The van der Waals surface area contributed by atoms with Crippen molar-refractivity contribution in [1.82, 2.24) is 4.98 Å². The Bertz CT molecular complexity index is 578.